The molecule has 8 heteroatoms. The summed E-state index contributed by atoms with van der Waals surface area (Å²) in [4.78, 5) is 12.8. The maximum Gasteiger partial charge on any atom is 0.159 e. The van der Waals surface area contributed by atoms with Crippen molar-refractivity contribution in [1.82, 2.24) is 24.5 Å². The van der Waals surface area contributed by atoms with Crippen LogP contribution in [0.15, 0.2) is 73.1 Å². The van der Waals surface area contributed by atoms with E-state index in [2.05, 4.69) is 40.3 Å². The lowest BCUT2D eigenvalue weighted by Gasteiger charge is -2.09. The molecular formula is C26H21BN5OP. The van der Waals surface area contributed by atoms with Crippen molar-refractivity contribution in [3.05, 3.63) is 78.6 Å². The first-order chi connectivity index (χ1) is 16.6. The number of rotatable bonds is 5. The van der Waals surface area contributed by atoms with Crippen molar-refractivity contribution in [3.8, 4) is 22.6 Å². The first kappa shape index (κ1) is 21.0. The first-order valence-electron chi connectivity index (χ1n) is 11.1. The summed E-state index contributed by atoms with van der Waals surface area (Å²) in [5, 5.41) is 17.6. The van der Waals surface area contributed by atoms with E-state index in [0.717, 1.165) is 55.1 Å². The van der Waals surface area contributed by atoms with Gasteiger partial charge in [0.05, 0.1) is 16.6 Å². The number of H-pyrrole nitrogens is 1. The lowest BCUT2D eigenvalue weighted by molar-refractivity contribution is 0.300. The van der Waals surface area contributed by atoms with Crippen molar-refractivity contribution in [1.29, 1.82) is 0 Å². The Bertz CT molecular complexity index is 1670. The summed E-state index contributed by atoms with van der Waals surface area (Å²) in [7, 11) is 5.36. The summed E-state index contributed by atoms with van der Waals surface area (Å²) >= 11 is 0. The zero-order chi connectivity index (χ0) is 23.2. The highest BCUT2D eigenvalue weighted by Crippen LogP contribution is 2.39. The number of aliphatic hydroxyl groups is 1. The highest BCUT2D eigenvalue weighted by atomic mass is 31.1. The Balaban J connectivity index is 1.59. The molecular weight excluding hydrogens is 440 g/mol. The Kier molecular flexibility index (Phi) is 5.17. The molecule has 2 N–H and O–H groups in total. The smallest absolute Gasteiger partial charge is 0.159 e. The van der Waals surface area contributed by atoms with Gasteiger partial charge in [0.1, 0.15) is 13.3 Å². The van der Waals surface area contributed by atoms with Gasteiger partial charge in [0, 0.05) is 35.3 Å². The van der Waals surface area contributed by atoms with Gasteiger partial charge >= 0.3 is 0 Å². The number of aromatic nitrogens is 5. The van der Waals surface area contributed by atoms with Crippen molar-refractivity contribution >= 4 is 48.2 Å². The van der Waals surface area contributed by atoms with Crippen LogP contribution in [-0.4, -0.2) is 50.4 Å². The number of nitrogens with zero attached hydrogens (tertiary/aromatic N) is 4. The number of nitrogens with one attached hydrogen (secondary N) is 1. The molecule has 6 nitrogen and oxygen atoms in total. The van der Waals surface area contributed by atoms with Crippen LogP contribution in [0.3, 0.4) is 0 Å². The molecule has 1 atom stereocenters. The SMILES string of the molecule is [B]P(C)n1nc(-c2nc3c(CCO)cccc3[nH]2)c2cc(-c3cncc4ccccc34)ccc21. The lowest BCUT2D eigenvalue weighted by Crippen LogP contribution is -1.93. The minimum absolute atomic E-state index is 0.0780. The molecule has 0 saturated carbocycles. The summed E-state index contributed by atoms with van der Waals surface area (Å²) in [5.41, 5.74) is 6.65. The summed E-state index contributed by atoms with van der Waals surface area (Å²) < 4.78 is 1.90. The fourth-order valence-corrected chi connectivity index (χ4v) is 5.30. The quantitative estimate of drug-likeness (QED) is 0.270. The fraction of sp³-hybridized carbons (Fsp3) is 0.115. The summed E-state index contributed by atoms with van der Waals surface area (Å²) in [5.74, 6) is 0.689. The van der Waals surface area contributed by atoms with Crippen molar-refractivity contribution in [3.63, 3.8) is 0 Å². The first-order valence-corrected chi connectivity index (χ1v) is 12.9. The highest BCUT2D eigenvalue weighted by molar-refractivity contribution is 7.80. The molecule has 1 unspecified atom stereocenters. The van der Waals surface area contributed by atoms with Gasteiger partial charge in [0.2, 0.25) is 0 Å². The number of hydrogen-bond acceptors (Lipinski definition) is 4. The second-order valence-electron chi connectivity index (χ2n) is 8.32. The molecule has 0 bridgehead atoms. The van der Waals surface area contributed by atoms with E-state index in [1.165, 1.54) is 0 Å². The normalized spacial score (nSPS) is 12.6. The third-order valence-corrected chi connectivity index (χ3v) is 7.04. The lowest BCUT2D eigenvalue weighted by atomic mass is 9.99. The number of imidazole rings is 1. The van der Waals surface area contributed by atoms with E-state index in [1.54, 1.807) is 0 Å². The van der Waals surface area contributed by atoms with Crippen LogP contribution in [0, 0.1) is 0 Å². The van der Waals surface area contributed by atoms with Crippen molar-refractivity contribution in [2.45, 2.75) is 6.42 Å². The molecule has 0 spiro atoms. The van der Waals surface area contributed by atoms with E-state index >= 15 is 0 Å². The maximum atomic E-state index is 9.45. The van der Waals surface area contributed by atoms with Crippen LogP contribution in [0.4, 0.5) is 0 Å². The predicted octanol–water partition coefficient (Wildman–Crippen LogP) is 5.29. The van der Waals surface area contributed by atoms with Gasteiger partial charge in [0.15, 0.2) is 5.82 Å². The van der Waals surface area contributed by atoms with Gasteiger partial charge in [-0.2, -0.15) is 5.10 Å². The van der Waals surface area contributed by atoms with Crippen LogP contribution >= 0.6 is 7.95 Å². The largest absolute Gasteiger partial charge is 0.396 e. The third-order valence-electron chi connectivity index (χ3n) is 6.14. The van der Waals surface area contributed by atoms with Gasteiger partial charge in [-0.3, -0.25) is 9.44 Å². The number of fused-ring (bicyclic) bond motifs is 3. The zero-order valence-corrected chi connectivity index (χ0v) is 19.5. The molecule has 3 heterocycles. The van der Waals surface area contributed by atoms with E-state index in [-0.39, 0.29) is 6.61 Å². The predicted molar refractivity (Wildman–Crippen MR) is 140 cm³/mol. The van der Waals surface area contributed by atoms with Gasteiger partial charge in [-0.05, 0) is 55.7 Å². The van der Waals surface area contributed by atoms with Crippen LogP contribution in [0.1, 0.15) is 5.56 Å². The minimum atomic E-state index is -0.974. The van der Waals surface area contributed by atoms with E-state index in [0.29, 0.717) is 12.2 Å². The number of benzene rings is 3. The highest BCUT2D eigenvalue weighted by Gasteiger charge is 2.19. The standard InChI is InChI=1S/C26H21BN5OP/c1-34(27)32-23-10-9-17(21-15-28-14-18-5-2-3-7-19(18)21)13-20(23)25(31-32)26-29-22-8-4-6-16(11-12-33)24(22)30-26/h2-10,13-15,33H,11-12H2,1H3,(H,29,30). The maximum absolute atomic E-state index is 9.45. The molecule has 3 aromatic heterocycles. The summed E-state index contributed by atoms with van der Waals surface area (Å²) in [6, 6.07) is 20.6. The number of aliphatic hydroxyl groups excluding tert-OH is 1. The molecule has 0 amide bonds. The van der Waals surface area contributed by atoms with Gasteiger partial charge in [-0.15, -0.1) is 0 Å². The Morgan fingerprint density at radius 2 is 1.91 bits per heavy atom. The van der Waals surface area contributed by atoms with E-state index in [4.69, 9.17) is 17.6 Å². The number of aromatic amines is 1. The van der Waals surface area contributed by atoms with E-state index in [9.17, 15) is 5.11 Å². The fourth-order valence-electron chi connectivity index (χ4n) is 4.56. The van der Waals surface area contributed by atoms with Gasteiger partial charge in [-0.25, -0.2) is 4.98 Å². The van der Waals surface area contributed by atoms with Gasteiger partial charge in [-0.1, -0.05) is 42.5 Å². The van der Waals surface area contributed by atoms with Crippen LogP contribution in [0.2, 0.25) is 0 Å². The van der Waals surface area contributed by atoms with Crippen LogP contribution in [-0.2, 0) is 6.42 Å². The molecule has 3 aromatic carbocycles. The molecule has 0 fully saturated rings. The van der Waals surface area contributed by atoms with Crippen molar-refractivity contribution in [2.24, 2.45) is 0 Å². The van der Waals surface area contributed by atoms with E-state index in [1.807, 2.05) is 53.8 Å². The Morgan fingerprint density at radius 3 is 2.76 bits per heavy atom. The molecule has 6 rings (SSSR count). The van der Waals surface area contributed by atoms with Gasteiger partial charge in [0.25, 0.3) is 0 Å². The Morgan fingerprint density at radius 1 is 1.03 bits per heavy atom. The second-order valence-corrected chi connectivity index (χ2v) is 9.85. The Labute approximate surface area is 198 Å². The number of para-hydroxylation sites is 1. The number of pyridine rings is 1. The second kappa shape index (κ2) is 8.35. The third kappa shape index (κ3) is 3.40. The van der Waals surface area contributed by atoms with Crippen LogP contribution in [0.5, 0.6) is 0 Å². The zero-order valence-electron chi connectivity index (χ0n) is 18.6. The molecule has 164 valence electrons. The molecule has 6 aromatic rings. The molecule has 0 aliphatic heterocycles. The average molecular weight is 461 g/mol. The minimum Gasteiger partial charge on any atom is -0.396 e. The molecule has 0 aliphatic rings. The van der Waals surface area contributed by atoms with Crippen molar-refractivity contribution < 1.29 is 5.11 Å². The average Bonchev–Trinajstić information content (AvgIpc) is 3.46. The van der Waals surface area contributed by atoms with E-state index < -0.39 is 7.95 Å². The van der Waals surface area contributed by atoms with Crippen LogP contribution in [0.25, 0.3) is 55.4 Å². The topological polar surface area (TPSA) is 79.6 Å². The molecule has 34 heavy (non-hydrogen) atoms. The monoisotopic (exact) mass is 461 g/mol. The summed E-state index contributed by atoms with van der Waals surface area (Å²) in [6.07, 6.45) is 4.35. The molecule has 2 radical (unpaired) electrons. The van der Waals surface area contributed by atoms with Crippen molar-refractivity contribution in [2.75, 3.05) is 13.3 Å². The number of hydrogen-bond donors (Lipinski definition) is 2. The Hall–Kier alpha value is -3.54. The summed E-state index contributed by atoms with van der Waals surface area (Å²) in [6.45, 7) is 2.06. The van der Waals surface area contributed by atoms with Crippen LogP contribution < -0.4 is 0 Å². The van der Waals surface area contributed by atoms with Gasteiger partial charge < -0.3 is 10.1 Å². The molecule has 0 saturated heterocycles. The molecule has 0 aliphatic carbocycles.